The maximum Gasteiger partial charge on any atom is 0.257 e. The van der Waals surface area contributed by atoms with Gasteiger partial charge in [0.25, 0.3) is 5.91 Å². The molecule has 4 aliphatic rings. The second kappa shape index (κ2) is 21.5. The lowest BCUT2D eigenvalue weighted by atomic mass is 9.85. The Morgan fingerprint density at radius 2 is 1.67 bits per heavy atom. The lowest BCUT2D eigenvalue weighted by molar-refractivity contribution is -0.144. The zero-order chi connectivity index (χ0) is 49.0. The van der Waals surface area contributed by atoms with E-state index in [1.807, 2.05) is 69.3 Å². The largest absolute Gasteiger partial charge is 0.490 e. The predicted molar refractivity (Wildman–Crippen MR) is 261 cm³/mol. The molecule has 0 aliphatic carbocycles. The van der Waals surface area contributed by atoms with E-state index in [2.05, 4.69) is 41.5 Å². The Morgan fingerprint density at radius 1 is 0.971 bits per heavy atom. The third-order valence-corrected chi connectivity index (χ3v) is 15.0. The van der Waals surface area contributed by atoms with Crippen molar-refractivity contribution >= 4 is 52.5 Å². The molecule has 2 aromatic heterocycles. The number of aromatic nitrogens is 3. The number of nitriles is 1. The van der Waals surface area contributed by atoms with Crippen LogP contribution in [0.15, 0.2) is 60.4 Å². The zero-order valence-electron chi connectivity index (χ0n) is 39.8. The van der Waals surface area contributed by atoms with E-state index in [0.717, 1.165) is 47.6 Å². The summed E-state index contributed by atoms with van der Waals surface area (Å²) in [5, 5.41) is 26.1. The van der Waals surface area contributed by atoms with Crippen LogP contribution in [0.1, 0.15) is 93.0 Å². The smallest absolute Gasteiger partial charge is 0.257 e. The highest BCUT2D eigenvalue weighted by Gasteiger charge is 2.46. The van der Waals surface area contributed by atoms with Gasteiger partial charge in [0.15, 0.2) is 0 Å². The third-order valence-electron chi connectivity index (χ3n) is 13.7. The Hall–Kier alpha value is -5.71. The number of nitrogens with zero attached hydrogens (tertiary/aromatic N) is 8. The molecule has 4 amide bonds. The van der Waals surface area contributed by atoms with Crippen LogP contribution in [0.5, 0.6) is 5.75 Å². The average molecular weight is 982 g/mol. The van der Waals surface area contributed by atoms with Crippen LogP contribution in [-0.2, 0) is 19.1 Å². The van der Waals surface area contributed by atoms with Gasteiger partial charge in [-0.1, -0.05) is 56.6 Å². The molecule has 0 saturated carbocycles. The van der Waals surface area contributed by atoms with Crippen molar-refractivity contribution in [3.63, 3.8) is 0 Å². The van der Waals surface area contributed by atoms with Crippen LogP contribution in [0.3, 0.4) is 0 Å². The third kappa shape index (κ3) is 11.7. The number of aryl methyl sites for hydroxylation is 1. The molecule has 4 aromatic rings. The van der Waals surface area contributed by atoms with E-state index in [0.29, 0.717) is 66.9 Å². The summed E-state index contributed by atoms with van der Waals surface area (Å²) in [6.45, 7) is 12.8. The van der Waals surface area contributed by atoms with Gasteiger partial charge in [0.1, 0.15) is 36.6 Å². The van der Waals surface area contributed by atoms with Gasteiger partial charge in [-0.25, -0.2) is 15.0 Å². The van der Waals surface area contributed by atoms with Crippen molar-refractivity contribution in [2.45, 2.75) is 109 Å². The molecule has 19 heteroatoms. The van der Waals surface area contributed by atoms with Crippen LogP contribution < -0.4 is 20.3 Å². The van der Waals surface area contributed by atoms with Crippen molar-refractivity contribution < 1.29 is 33.8 Å². The first-order chi connectivity index (χ1) is 33.1. The summed E-state index contributed by atoms with van der Waals surface area (Å²) >= 11 is 7.79. The molecule has 2 aromatic carbocycles. The first-order valence-electron chi connectivity index (χ1n) is 23.7. The molecule has 7 atom stereocenters. The van der Waals surface area contributed by atoms with Crippen molar-refractivity contribution in [3.8, 4) is 22.3 Å². The highest BCUT2D eigenvalue weighted by molar-refractivity contribution is 7.13. The number of aliphatic hydroxyl groups is 1. The number of ether oxygens (including phenoxy) is 2. The normalized spacial score (nSPS) is 22.5. The lowest BCUT2D eigenvalue weighted by Crippen LogP contribution is -2.58. The fourth-order valence-electron chi connectivity index (χ4n) is 9.90. The molecule has 8 rings (SSSR count). The molecule has 366 valence electrons. The summed E-state index contributed by atoms with van der Waals surface area (Å²) in [6, 6.07) is 13.0. The van der Waals surface area contributed by atoms with Crippen LogP contribution in [0.25, 0.3) is 10.4 Å². The molecule has 0 radical (unpaired) electrons. The van der Waals surface area contributed by atoms with Gasteiger partial charge in [-0.15, -0.1) is 11.3 Å². The number of nitrogens with one attached hydrogen (secondary N) is 2. The number of hydrogen-bond donors (Lipinski definition) is 3. The SMILES string of the molecule is Cc1ncsc1-c1ccc([C@H](C)NC(=O)[C@@H]2C[C@@H](O)CN2C(=O)[C@@H](NC(=O)COCCN2CCN(c3ncc(C(=O)N4[C@@H]5CC[C@H]4CC(Oc4ccc(C#N)c(Cl)c4)C5)cn3)CC2)C(C)(C)C)cc1. The number of anilines is 1. The second-order valence-electron chi connectivity index (χ2n) is 19.6. The topological polar surface area (TPSA) is 206 Å². The number of amides is 4. The summed E-state index contributed by atoms with van der Waals surface area (Å²) in [5.41, 5.74) is 4.88. The molecular weight excluding hydrogens is 920 g/mol. The van der Waals surface area contributed by atoms with E-state index in [-0.39, 0.29) is 55.6 Å². The van der Waals surface area contributed by atoms with Gasteiger partial charge in [0, 0.05) is 89.1 Å². The monoisotopic (exact) mass is 980 g/mol. The number of carbonyl (C=O) groups excluding carboxylic acids is 4. The van der Waals surface area contributed by atoms with Gasteiger partial charge < -0.3 is 39.9 Å². The quantitative estimate of drug-likeness (QED) is 0.132. The fourth-order valence-corrected chi connectivity index (χ4v) is 10.9. The number of halogens is 1. The number of likely N-dealkylation sites (tertiary alicyclic amines) is 1. The number of aliphatic hydroxyl groups excluding tert-OH is 1. The minimum absolute atomic E-state index is 0.0185. The molecule has 4 aliphatic heterocycles. The summed E-state index contributed by atoms with van der Waals surface area (Å²) < 4.78 is 12.0. The molecule has 4 fully saturated rings. The number of fused-ring (bicyclic) bond motifs is 2. The van der Waals surface area contributed by atoms with Gasteiger partial charge in [-0.2, -0.15) is 5.26 Å². The highest BCUT2D eigenvalue weighted by Crippen LogP contribution is 2.39. The predicted octanol–water partition coefficient (Wildman–Crippen LogP) is 5.16. The van der Waals surface area contributed by atoms with Gasteiger partial charge >= 0.3 is 0 Å². The van der Waals surface area contributed by atoms with Crippen molar-refractivity contribution in [1.29, 1.82) is 5.26 Å². The number of β-amino-alcohol motifs (C(OH)–C–C–N with tert-alkyl or cyclic N) is 1. The van der Waals surface area contributed by atoms with Crippen LogP contribution >= 0.6 is 22.9 Å². The van der Waals surface area contributed by atoms with Crippen LogP contribution in [0, 0.1) is 23.7 Å². The Bertz CT molecular complexity index is 2510. The molecule has 1 unspecified atom stereocenters. The van der Waals surface area contributed by atoms with Gasteiger partial charge in [-0.3, -0.25) is 24.1 Å². The van der Waals surface area contributed by atoms with Crippen molar-refractivity contribution in [3.05, 3.63) is 87.8 Å². The van der Waals surface area contributed by atoms with Crippen molar-refractivity contribution in [2.24, 2.45) is 5.41 Å². The van der Waals surface area contributed by atoms with Gasteiger partial charge in [-0.05, 0) is 55.4 Å². The number of piperazine rings is 1. The minimum Gasteiger partial charge on any atom is -0.490 e. The second-order valence-corrected chi connectivity index (χ2v) is 20.9. The Labute approximate surface area is 412 Å². The summed E-state index contributed by atoms with van der Waals surface area (Å²) in [6.07, 6.45) is 5.63. The molecular formula is C50H61ClN10O7S. The minimum atomic E-state index is -0.965. The molecule has 69 heavy (non-hydrogen) atoms. The van der Waals surface area contributed by atoms with E-state index in [1.54, 1.807) is 41.9 Å². The van der Waals surface area contributed by atoms with E-state index in [1.165, 1.54) is 4.90 Å². The number of piperidine rings is 1. The standard InChI is InChI=1S/C50H61ClN10O7S/c1-30(32-6-8-33(9-7-32)44-31(2)55-29-69-44)56-46(64)42-22-38(62)27-60(42)48(66)45(50(3,4)5)57-43(63)28-67-19-18-58-14-16-59(17-15-58)49-53-25-35(26-54-49)47(65)61-36-11-12-37(61)21-40(20-36)68-39-13-10-34(24-52)41(51)23-39/h6-10,13,23,25-26,29-30,36-38,40,42,45,62H,11-12,14-22,27-28H2,1-5H3,(H,56,64)(H,57,63)/t30-,36-,37+,38+,40?,42-,45+/m0/s1. The zero-order valence-corrected chi connectivity index (χ0v) is 41.3. The van der Waals surface area contributed by atoms with E-state index in [9.17, 15) is 29.5 Å². The molecule has 2 bridgehead atoms. The maximum absolute atomic E-state index is 14.1. The van der Waals surface area contributed by atoms with Crippen LogP contribution in [0.2, 0.25) is 5.02 Å². The Balaban J connectivity index is 0.756. The Kier molecular flexibility index (Phi) is 15.5. The average Bonchev–Trinajstić information content (AvgIpc) is 4.03. The molecule has 3 N–H and O–H groups in total. The molecule has 4 saturated heterocycles. The molecule has 0 spiro atoms. The number of benzene rings is 2. The van der Waals surface area contributed by atoms with E-state index >= 15 is 0 Å². The lowest BCUT2D eigenvalue weighted by Gasteiger charge is -2.39. The van der Waals surface area contributed by atoms with Crippen molar-refractivity contribution in [2.75, 3.05) is 57.4 Å². The maximum atomic E-state index is 14.1. The summed E-state index contributed by atoms with van der Waals surface area (Å²) in [7, 11) is 0. The number of carbonyl (C=O) groups is 4. The first-order valence-corrected chi connectivity index (χ1v) is 25.0. The van der Waals surface area contributed by atoms with E-state index < -0.39 is 35.4 Å². The first kappa shape index (κ1) is 49.7. The summed E-state index contributed by atoms with van der Waals surface area (Å²) in [5.74, 6) is -0.141. The molecule has 17 nitrogen and oxygen atoms in total. The van der Waals surface area contributed by atoms with Crippen LogP contribution in [-0.4, -0.2) is 147 Å². The van der Waals surface area contributed by atoms with E-state index in [4.69, 9.17) is 21.1 Å². The number of rotatable bonds is 15. The van der Waals surface area contributed by atoms with Crippen LogP contribution in [0.4, 0.5) is 5.95 Å². The van der Waals surface area contributed by atoms with Crippen molar-refractivity contribution in [1.82, 2.24) is 40.3 Å². The number of thiazole rings is 1. The van der Waals surface area contributed by atoms with Gasteiger partial charge in [0.05, 0.1) is 51.0 Å². The fraction of sp³-hybridized carbons (Fsp3) is 0.520. The molecule has 6 heterocycles. The summed E-state index contributed by atoms with van der Waals surface area (Å²) in [4.78, 5) is 77.1. The number of hydrogen-bond acceptors (Lipinski definition) is 14. The van der Waals surface area contributed by atoms with Gasteiger partial charge in [0.2, 0.25) is 23.7 Å². The Morgan fingerprint density at radius 3 is 2.29 bits per heavy atom. The highest BCUT2D eigenvalue weighted by atomic mass is 35.5.